The van der Waals surface area contributed by atoms with E-state index in [0.717, 1.165) is 49.6 Å². The molecule has 0 spiro atoms. The van der Waals surface area contributed by atoms with Crippen molar-refractivity contribution in [3.63, 3.8) is 0 Å². The number of thiazole rings is 1. The highest BCUT2D eigenvalue weighted by molar-refractivity contribution is 7.09. The van der Waals surface area contributed by atoms with Gasteiger partial charge in [0.05, 0.1) is 12.3 Å². The molecule has 0 radical (unpaired) electrons. The highest BCUT2D eigenvalue weighted by Gasteiger charge is 2.40. The molecule has 2 aromatic rings. The van der Waals surface area contributed by atoms with Crippen LogP contribution in [0.15, 0.2) is 35.7 Å². The molecule has 1 aliphatic heterocycles. The number of benzene rings is 1. The lowest BCUT2D eigenvalue weighted by Crippen LogP contribution is -2.48. The summed E-state index contributed by atoms with van der Waals surface area (Å²) in [4.78, 5) is 9.36. The molecule has 0 saturated carbocycles. The summed E-state index contributed by atoms with van der Waals surface area (Å²) in [6.45, 7) is 2.96. The molecule has 1 atom stereocenters. The fourth-order valence-corrected chi connectivity index (χ4v) is 4.51. The van der Waals surface area contributed by atoms with Crippen molar-refractivity contribution in [1.82, 2.24) is 14.8 Å². The Bertz CT molecular complexity index is 643. The number of hydrogen-bond donors (Lipinski definition) is 1. The minimum Gasteiger partial charge on any atom is -0.394 e. The molecule has 1 aromatic heterocycles. The molecule has 0 bridgehead atoms. The molecule has 5 heteroatoms. The lowest BCUT2D eigenvalue weighted by Gasteiger charge is -2.37. The van der Waals surface area contributed by atoms with E-state index in [1.165, 1.54) is 5.56 Å². The van der Waals surface area contributed by atoms with Crippen LogP contribution in [0.3, 0.4) is 0 Å². The molecular weight excluding hydrogens is 318 g/mol. The molecule has 1 fully saturated rings. The standard InChI is InChI=1S/C19H27N3OS/c1-21(2)13-18-20-17(14-24-18)12-22-10-6-9-19(22,15-23)11-16-7-4-3-5-8-16/h3-5,7-8,14,23H,6,9-13,15H2,1-2H3. The molecule has 1 saturated heterocycles. The zero-order valence-corrected chi connectivity index (χ0v) is 15.4. The lowest BCUT2D eigenvalue weighted by atomic mass is 9.89. The van der Waals surface area contributed by atoms with Crippen molar-refractivity contribution in [2.24, 2.45) is 0 Å². The van der Waals surface area contributed by atoms with Crippen LogP contribution in [-0.4, -0.2) is 52.7 Å². The van der Waals surface area contributed by atoms with Gasteiger partial charge in [-0.05, 0) is 45.5 Å². The van der Waals surface area contributed by atoms with E-state index in [2.05, 4.69) is 53.5 Å². The van der Waals surface area contributed by atoms with Crippen LogP contribution in [0.5, 0.6) is 0 Å². The van der Waals surface area contributed by atoms with Gasteiger partial charge in [0.25, 0.3) is 0 Å². The van der Waals surface area contributed by atoms with Gasteiger partial charge in [0.2, 0.25) is 0 Å². The molecule has 130 valence electrons. The summed E-state index contributed by atoms with van der Waals surface area (Å²) in [6, 6.07) is 10.5. The first-order chi connectivity index (χ1) is 11.6. The van der Waals surface area contributed by atoms with Gasteiger partial charge < -0.3 is 10.0 Å². The summed E-state index contributed by atoms with van der Waals surface area (Å²) in [5, 5.41) is 13.5. The lowest BCUT2D eigenvalue weighted by molar-refractivity contribution is 0.0574. The van der Waals surface area contributed by atoms with E-state index >= 15 is 0 Å². The van der Waals surface area contributed by atoms with Crippen molar-refractivity contribution in [2.75, 3.05) is 27.2 Å². The molecule has 1 aliphatic rings. The van der Waals surface area contributed by atoms with Gasteiger partial charge in [-0.15, -0.1) is 11.3 Å². The van der Waals surface area contributed by atoms with Gasteiger partial charge in [-0.3, -0.25) is 4.90 Å². The number of nitrogens with zero attached hydrogens (tertiary/aromatic N) is 3. The average molecular weight is 346 g/mol. The largest absolute Gasteiger partial charge is 0.394 e. The van der Waals surface area contributed by atoms with Crippen LogP contribution < -0.4 is 0 Å². The molecular formula is C19H27N3OS. The summed E-state index contributed by atoms with van der Waals surface area (Å²) >= 11 is 1.73. The third kappa shape index (κ3) is 4.03. The predicted molar refractivity (Wildman–Crippen MR) is 99.1 cm³/mol. The molecule has 2 heterocycles. The second kappa shape index (κ2) is 7.74. The van der Waals surface area contributed by atoms with Gasteiger partial charge in [0.15, 0.2) is 0 Å². The van der Waals surface area contributed by atoms with E-state index in [-0.39, 0.29) is 12.1 Å². The Morgan fingerprint density at radius 1 is 1.29 bits per heavy atom. The van der Waals surface area contributed by atoms with Gasteiger partial charge in [0, 0.05) is 24.0 Å². The summed E-state index contributed by atoms with van der Waals surface area (Å²) in [5.74, 6) is 0. The topological polar surface area (TPSA) is 39.6 Å². The summed E-state index contributed by atoms with van der Waals surface area (Å²) in [6.07, 6.45) is 3.09. The first-order valence-electron chi connectivity index (χ1n) is 8.59. The molecule has 3 rings (SSSR count). The van der Waals surface area contributed by atoms with Crippen molar-refractivity contribution in [3.8, 4) is 0 Å². The average Bonchev–Trinajstić information content (AvgIpc) is 3.16. The van der Waals surface area contributed by atoms with Crippen LogP contribution >= 0.6 is 11.3 Å². The molecule has 1 N–H and O–H groups in total. The summed E-state index contributed by atoms with van der Waals surface area (Å²) < 4.78 is 0. The Labute approximate surface area is 148 Å². The van der Waals surface area contributed by atoms with Gasteiger partial charge >= 0.3 is 0 Å². The second-order valence-electron chi connectivity index (χ2n) is 7.04. The van der Waals surface area contributed by atoms with E-state index in [9.17, 15) is 5.11 Å². The highest BCUT2D eigenvalue weighted by atomic mass is 32.1. The van der Waals surface area contributed by atoms with E-state index in [1.807, 2.05) is 6.07 Å². The SMILES string of the molecule is CN(C)Cc1nc(CN2CCCC2(CO)Cc2ccccc2)cs1. The van der Waals surface area contributed by atoms with Crippen LogP contribution in [0.2, 0.25) is 0 Å². The number of aliphatic hydroxyl groups is 1. The molecule has 0 aliphatic carbocycles. The Morgan fingerprint density at radius 3 is 2.79 bits per heavy atom. The normalized spacial score (nSPS) is 21.7. The quantitative estimate of drug-likeness (QED) is 0.838. The molecule has 1 aromatic carbocycles. The van der Waals surface area contributed by atoms with Crippen molar-refractivity contribution in [1.29, 1.82) is 0 Å². The molecule has 4 nitrogen and oxygen atoms in total. The fraction of sp³-hybridized carbons (Fsp3) is 0.526. The van der Waals surface area contributed by atoms with Gasteiger partial charge in [-0.2, -0.15) is 0 Å². The first-order valence-corrected chi connectivity index (χ1v) is 9.47. The minimum atomic E-state index is -0.146. The summed E-state index contributed by atoms with van der Waals surface area (Å²) in [7, 11) is 4.14. The Hall–Kier alpha value is -1.27. The summed E-state index contributed by atoms with van der Waals surface area (Å²) in [5.41, 5.74) is 2.28. The number of aromatic nitrogens is 1. The zero-order chi connectivity index (χ0) is 17.0. The first kappa shape index (κ1) is 17.5. The Morgan fingerprint density at radius 2 is 2.08 bits per heavy atom. The Balaban J connectivity index is 1.72. The van der Waals surface area contributed by atoms with E-state index in [0.29, 0.717) is 0 Å². The molecule has 0 amide bonds. The minimum absolute atomic E-state index is 0.146. The van der Waals surface area contributed by atoms with Crippen molar-refractivity contribution in [2.45, 2.75) is 37.9 Å². The van der Waals surface area contributed by atoms with E-state index in [4.69, 9.17) is 4.98 Å². The third-order valence-corrected chi connectivity index (χ3v) is 5.70. The molecule has 24 heavy (non-hydrogen) atoms. The monoisotopic (exact) mass is 345 g/mol. The number of hydrogen-bond acceptors (Lipinski definition) is 5. The maximum Gasteiger partial charge on any atom is 0.107 e. The maximum atomic E-state index is 10.2. The van der Waals surface area contributed by atoms with Crippen molar-refractivity contribution < 1.29 is 5.11 Å². The highest BCUT2D eigenvalue weighted by Crippen LogP contribution is 2.34. The molecule has 1 unspecified atom stereocenters. The zero-order valence-electron chi connectivity index (χ0n) is 14.6. The van der Waals surface area contributed by atoms with Crippen molar-refractivity contribution in [3.05, 3.63) is 52.0 Å². The number of aliphatic hydroxyl groups excluding tert-OH is 1. The smallest absolute Gasteiger partial charge is 0.107 e. The second-order valence-corrected chi connectivity index (χ2v) is 7.98. The van der Waals surface area contributed by atoms with E-state index in [1.54, 1.807) is 11.3 Å². The van der Waals surface area contributed by atoms with Crippen LogP contribution in [0.25, 0.3) is 0 Å². The third-order valence-electron chi connectivity index (χ3n) is 4.81. The van der Waals surface area contributed by atoms with Crippen LogP contribution in [0.4, 0.5) is 0 Å². The van der Waals surface area contributed by atoms with Crippen molar-refractivity contribution >= 4 is 11.3 Å². The maximum absolute atomic E-state index is 10.2. The van der Waals surface area contributed by atoms with Gasteiger partial charge in [0.1, 0.15) is 5.01 Å². The predicted octanol–water partition coefficient (Wildman–Crippen LogP) is 2.77. The number of rotatable bonds is 7. The van der Waals surface area contributed by atoms with Gasteiger partial charge in [-0.25, -0.2) is 4.98 Å². The van der Waals surface area contributed by atoms with Crippen LogP contribution in [0, 0.1) is 0 Å². The van der Waals surface area contributed by atoms with Gasteiger partial charge in [-0.1, -0.05) is 30.3 Å². The Kier molecular flexibility index (Phi) is 5.66. The number of likely N-dealkylation sites (tertiary alicyclic amines) is 1. The van der Waals surface area contributed by atoms with Crippen LogP contribution in [0.1, 0.15) is 29.1 Å². The van der Waals surface area contributed by atoms with E-state index < -0.39 is 0 Å². The van der Waals surface area contributed by atoms with Crippen LogP contribution in [-0.2, 0) is 19.5 Å². The fourth-order valence-electron chi connectivity index (χ4n) is 3.61.